The number of nitrogens with one attached hydrogen (secondary N) is 2. The van der Waals surface area contributed by atoms with Gasteiger partial charge in [-0.3, -0.25) is 4.79 Å². The molecule has 1 fully saturated rings. The minimum absolute atomic E-state index is 0.109. The summed E-state index contributed by atoms with van der Waals surface area (Å²) < 4.78 is 11.6. The van der Waals surface area contributed by atoms with Gasteiger partial charge in [0.25, 0.3) is 0 Å². The van der Waals surface area contributed by atoms with E-state index >= 15 is 0 Å². The number of aromatic carboxylic acids is 1. The third-order valence-electron chi connectivity index (χ3n) is 6.99. The Morgan fingerprint density at radius 2 is 1.92 bits per heavy atom. The van der Waals surface area contributed by atoms with Crippen LogP contribution < -0.4 is 25.7 Å². The molecule has 1 atom stereocenters. The maximum absolute atomic E-state index is 13.2. The minimum atomic E-state index is -1.01. The number of aryl methyl sites for hydroxylation is 1. The van der Waals surface area contributed by atoms with Crippen molar-refractivity contribution in [2.75, 3.05) is 35.7 Å². The zero-order valence-corrected chi connectivity index (χ0v) is 22.1. The number of ether oxygens (including phenoxy) is 1. The normalized spacial score (nSPS) is 14.7. The zero-order valence-electron chi connectivity index (χ0n) is 22.1. The van der Waals surface area contributed by atoms with Crippen LogP contribution in [0.2, 0.25) is 0 Å². The number of carboxylic acids is 1. The first kappa shape index (κ1) is 26.0. The monoisotopic (exact) mass is 529 g/mol. The molecule has 3 N–H and O–H groups in total. The molecule has 1 aliphatic heterocycles. The largest absolute Gasteiger partial charge is 0.481 e. The lowest BCUT2D eigenvalue weighted by Gasteiger charge is -2.33. The van der Waals surface area contributed by atoms with Crippen LogP contribution >= 0.6 is 0 Å². The van der Waals surface area contributed by atoms with Crippen molar-refractivity contribution in [1.29, 1.82) is 0 Å². The van der Waals surface area contributed by atoms with Crippen LogP contribution in [0.5, 0.6) is 5.88 Å². The Labute approximate surface area is 225 Å². The molecule has 202 valence electrons. The van der Waals surface area contributed by atoms with Crippen LogP contribution in [0.3, 0.4) is 0 Å². The van der Waals surface area contributed by atoms with E-state index in [1.165, 1.54) is 6.33 Å². The van der Waals surface area contributed by atoms with Gasteiger partial charge in [0.2, 0.25) is 5.88 Å². The number of aromatic nitrogens is 2. The van der Waals surface area contributed by atoms with E-state index in [0.29, 0.717) is 47.3 Å². The van der Waals surface area contributed by atoms with E-state index in [-0.39, 0.29) is 23.1 Å². The molecule has 0 bridgehead atoms. The van der Waals surface area contributed by atoms with E-state index in [4.69, 9.17) is 9.15 Å². The number of hydrogen-bond donors (Lipinski definition) is 3. The number of hydrogen-bond acceptors (Lipinski definition) is 9. The summed E-state index contributed by atoms with van der Waals surface area (Å²) in [6.07, 6.45) is 3.13. The highest BCUT2D eigenvalue weighted by Gasteiger charge is 2.24. The van der Waals surface area contributed by atoms with Crippen molar-refractivity contribution in [2.45, 2.75) is 38.8 Å². The van der Waals surface area contributed by atoms with Gasteiger partial charge in [-0.2, -0.15) is 0 Å². The average Bonchev–Trinajstić information content (AvgIpc) is 2.93. The predicted octanol–water partition coefficient (Wildman–Crippen LogP) is 4.85. The van der Waals surface area contributed by atoms with Crippen molar-refractivity contribution in [1.82, 2.24) is 9.97 Å². The number of rotatable bonds is 8. The first-order chi connectivity index (χ1) is 18.8. The molecule has 10 nitrogen and oxygen atoms in total. The summed E-state index contributed by atoms with van der Waals surface area (Å²) in [6.45, 7) is 5.27. The molecular formula is C29H31N5O5. The van der Waals surface area contributed by atoms with E-state index in [1.807, 2.05) is 26.0 Å². The third-order valence-corrected chi connectivity index (χ3v) is 6.99. The molecule has 4 aromatic rings. The minimum Gasteiger partial charge on any atom is -0.481 e. The summed E-state index contributed by atoms with van der Waals surface area (Å²) in [7, 11) is 1.57. The molecule has 1 unspecified atom stereocenters. The van der Waals surface area contributed by atoms with E-state index in [2.05, 4.69) is 25.5 Å². The van der Waals surface area contributed by atoms with Gasteiger partial charge < -0.3 is 29.8 Å². The summed E-state index contributed by atoms with van der Waals surface area (Å²) in [4.78, 5) is 35.3. The van der Waals surface area contributed by atoms with Crippen LogP contribution in [0.4, 0.5) is 17.4 Å². The number of methoxy groups -OCH3 is 1. The molecule has 0 amide bonds. The van der Waals surface area contributed by atoms with E-state index < -0.39 is 5.97 Å². The van der Waals surface area contributed by atoms with Crippen molar-refractivity contribution >= 4 is 34.3 Å². The number of carbonyl (C=O) groups is 1. The van der Waals surface area contributed by atoms with Crippen LogP contribution in [0, 0.1) is 6.92 Å². The molecule has 5 rings (SSSR count). The molecule has 0 spiro atoms. The summed E-state index contributed by atoms with van der Waals surface area (Å²) in [5.74, 6) is 0.732. The molecule has 0 radical (unpaired) electrons. The average molecular weight is 530 g/mol. The van der Waals surface area contributed by atoms with Gasteiger partial charge >= 0.3 is 5.97 Å². The van der Waals surface area contributed by atoms with Crippen LogP contribution in [0.15, 0.2) is 64.1 Å². The molecule has 1 aliphatic rings. The maximum Gasteiger partial charge on any atom is 0.337 e. The first-order valence-corrected chi connectivity index (χ1v) is 12.9. The quantitative estimate of drug-likeness (QED) is 0.291. The number of nitrogens with zero attached hydrogens (tertiary/aromatic N) is 3. The third kappa shape index (κ3) is 5.64. The van der Waals surface area contributed by atoms with E-state index in [9.17, 15) is 14.7 Å². The highest BCUT2D eigenvalue weighted by molar-refractivity contribution is 5.94. The van der Waals surface area contributed by atoms with Crippen molar-refractivity contribution in [3.63, 3.8) is 0 Å². The van der Waals surface area contributed by atoms with Crippen LogP contribution in [0.1, 0.15) is 47.3 Å². The van der Waals surface area contributed by atoms with Gasteiger partial charge in [-0.05, 0) is 50.5 Å². The molecule has 0 saturated carbocycles. The Balaban J connectivity index is 1.38. The molecule has 1 saturated heterocycles. The maximum atomic E-state index is 13.2. The SMILES string of the molecule is COc1cc(NC2CCN(c3cc(=O)c4cc(C)cc(C(C)Nc5ccccc5C(=O)O)c4o3)CC2)ncn1. The van der Waals surface area contributed by atoms with Gasteiger partial charge in [0.1, 0.15) is 17.7 Å². The molecule has 10 heteroatoms. The molecule has 3 heterocycles. The van der Waals surface area contributed by atoms with Crippen molar-refractivity contribution < 1.29 is 19.1 Å². The first-order valence-electron chi connectivity index (χ1n) is 12.9. The Morgan fingerprint density at radius 3 is 2.67 bits per heavy atom. The predicted molar refractivity (Wildman–Crippen MR) is 150 cm³/mol. The smallest absolute Gasteiger partial charge is 0.337 e. The lowest BCUT2D eigenvalue weighted by Crippen LogP contribution is -2.39. The van der Waals surface area contributed by atoms with Crippen molar-refractivity contribution in [3.05, 3.63) is 81.8 Å². The van der Waals surface area contributed by atoms with Crippen LogP contribution in [0.25, 0.3) is 11.0 Å². The Morgan fingerprint density at radius 1 is 1.15 bits per heavy atom. The molecule has 39 heavy (non-hydrogen) atoms. The van der Waals surface area contributed by atoms with Crippen molar-refractivity contribution in [3.8, 4) is 5.88 Å². The van der Waals surface area contributed by atoms with Gasteiger partial charge in [0.05, 0.1) is 24.1 Å². The second-order valence-electron chi connectivity index (χ2n) is 9.75. The topological polar surface area (TPSA) is 130 Å². The van der Waals surface area contributed by atoms with Gasteiger partial charge in [-0.25, -0.2) is 14.8 Å². The summed E-state index contributed by atoms with van der Waals surface area (Å²) in [5, 5.41) is 16.8. The molecule has 2 aromatic heterocycles. The highest BCUT2D eigenvalue weighted by Crippen LogP contribution is 2.31. The number of anilines is 3. The van der Waals surface area contributed by atoms with Crippen molar-refractivity contribution in [2.24, 2.45) is 0 Å². The Bertz CT molecular complexity index is 1560. The van der Waals surface area contributed by atoms with Gasteiger partial charge in [-0.1, -0.05) is 18.2 Å². The Kier molecular flexibility index (Phi) is 7.36. The fourth-order valence-electron chi connectivity index (χ4n) is 4.99. The fraction of sp³-hybridized carbons (Fsp3) is 0.310. The number of benzene rings is 2. The molecule has 2 aromatic carbocycles. The second-order valence-corrected chi connectivity index (χ2v) is 9.75. The number of fused-ring (bicyclic) bond motifs is 1. The number of piperidine rings is 1. The zero-order chi connectivity index (χ0) is 27.5. The second kappa shape index (κ2) is 11.0. The number of carboxylic acid groups (broad SMARTS) is 1. The van der Waals surface area contributed by atoms with Crippen LogP contribution in [-0.4, -0.2) is 47.3 Å². The summed E-state index contributed by atoms with van der Waals surface area (Å²) >= 11 is 0. The molecular weight excluding hydrogens is 498 g/mol. The fourth-order valence-corrected chi connectivity index (χ4v) is 4.99. The summed E-state index contributed by atoms with van der Waals surface area (Å²) in [6, 6.07) is 13.8. The number of para-hydroxylation sites is 1. The van der Waals surface area contributed by atoms with E-state index in [0.717, 1.165) is 24.0 Å². The Hall–Kier alpha value is -4.60. The van der Waals surface area contributed by atoms with Gasteiger partial charge in [-0.15, -0.1) is 0 Å². The molecule has 0 aliphatic carbocycles. The lowest BCUT2D eigenvalue weighted by atomic mass is 10.0. The summed E-state index contributed by atoms with van der Waals surface area (Å²) in [5.41, 5.74) is 2.79. The standard InChI is InChI=1S/C29H31N5O5/c1-17-12-21(18(2)32-23-7-5-4-6-20(23)29(36)37)28-22(13-17)24(35)14-27(39-28)34-10-8-19(9-11-34)33-25-15-26(38-3)31-16-30-25/h4-7,12-16,18-19,32H,8-11H2,1-3H3,(H,36,37)(H,30,31,33). The van der Waals surface area contributed by atoms with E-state index in [1.54, 1.807) is 43.5 Å². The highest BCUT2D eigenvalue weighted by atomic mass is 16.5. The van der Waals surface area contributed by atoms with Gasteiger partial charge in [0.15, 0.2) is 11.3 Å². The van der Waals surface area contributed by atoms with Crippen LogP contribution in [-0.2, 0) is 0 Å². The lowest BCUT2D eigenvalue weighted by molar-refractivity contribution is 0.0698. The van der Waals surface area contributed by atoms with Gasteiger partial charge in [0, 0.05) is 42.5 Å².